The summed E-state index contributed by atoms with van der Waals surface area (Å²) in [7, 11) is -5.40. The highest BCUT2D eigenvalue weighted by Gasteiger charge is 2.48. The maximum absolute atomic E-state index is 12.1. The molecule has 0 heterocycles. The minimum Gasteiger partial charge on any atom is -0.456 e. The van der Waals surface area contributed by atoms with Crippen molar-refractivity contribution in [2.45, 2.75) is 50.1 Å². The lowest BCUT2D eigenvalue weighted by Crippen LogP contribution is -2.36. The Bertz CT molecular complexity index is 575. The Hall–Kier alpha value is -1.09. The summed E-state index contributed by atoms with van der Waals surface area (Å²) in [6, 6.07) is 0. The molecule has 126 valence electrons. The van der Waals surface area contributed by atoms with Crippen molar-refractivity contribution in [1.29, 1.82) is 0 Å². The van der Waals surface area contributed by atoms with Gasteiger partial charge in [-0.15, -0.1) is 0 Å². The van der Waals surface area contributed by atoms with Gasteiger partial charge in [0.2, 0.25) is 0 Å². The van der Waals surface area contributed by atoms with E-state index in [9.17, 15) is 26.4 Å². The van der Waals surface area contributed by atoms with Crippen molar-refractivity contribution in [3.05, 3.63) is 11.6 Å². The summed E-state index contributed by atoms with van der Waals surface area (Å²) in [6.45, 7) is 0.778. The van der Waals surface area contributed by atoms with Gasteiger partial charge >= 0.3 is 21.5 Å². The van der Waals surface area contributed by atoms with E-state index in [2.05, 4.69) is 0 Å². The Kier molecular flexibility index (Phi) is 4.59. The number of ether oxygens (including phenoxy) is 1. The van der Waals surface area contributed by atoms with E-state index in [1.54, 1.807) is 0 Å². The molecule has 0 radical (unpaired) electrons. The molecule has 2 saturated carbocycles. The van der Waals surface area contributed by atoms with Gasteiger partial charge in [0.05, 0.1) is 0 Å². The monoisotopic (exact) mass is 341 g/mol. The van der Waals surface area contributed by atoms with Gasteiger partial charge in [-0.2, -0.15) is 13.2 Å². The minimum absolute atomic E-state index is 0.0922. The van der Waals surface area contributed by atoms with E-state index < -0.39 is 33.6 Å². The van der Waals surface area contributed by atoms with E-state index in [0.717, 1.165) is 38.2 Å². The summed E-state index contributed by atoms with van der Waals surface area (Å²) in [5.41, 5.74) is -5.70. The van der Waals surface area contributed by atoms with Crippen molar-refractivity contribution in [3.8, 4) is 0 Å². The zero-order valence-electron chi connectivity index (χ0n) is 12.1. The molecule has 0 aliphatic heterocycles. The van der Waals surface area contributed by atoms with Crippen molar-refractivity contribution in [3.63, 3.8) is 0 Å². The summed E-state index contributed by atoms with van der Waals surface area (Å²) in [5.74, 6) is -0.00978. The van der Waals surface area contributed by atoms with Crippen LogP contribution in [-0.4, -0.2) is 32.0 Å². The summed E-state index contributed by atoms with van der Waals surface area (Å²) in [5, 5.41) is 0. The molecule has 0 spiro atoms. The number of rotatable bonds is 5. The number of sulfonamides is 1. The predicted octanol–water partition coefficient (Wildman–Crippen LogP) is 2.25. The number of carbonyl (C=O) groups is 1. The summed E-state index contributed by atoms with van der Waals surface area (Å²) in [4.78, 5) is 11.9. The lowest BCUT2D eigenvalue weighted by molar-refractivity contribution is -0.153. The largest absolute Gasteiger partial charge is 0.511 e. The smallest absolute Gasteiger partial charge is 0.456 e. The van der Waals surface area contributed by atoms with E-state index in [-0.39, 0.29) is 5.57 Å². The number of hydrogen-bond acceptors (Lipinski definition) is 4. The zero-order chi connectivity index (χ0) is 16.6. The van der Waals surface area contributed by atoms with Crippen LogP contribution in [0.1, 0.15) is 39.0 Å². The maximum atomic E-state index is 12.1. The highest BCUT2D eigenvalue weighted by atomic mass is 32.2. The molecular formula is C13H18F3NO4S. The Morgan fingerprint density at radius 1 is 1.36 bits per heavy atom. The average Bonchev–Trinajstić information content (AvgIpc) is 2.96. The van der Waals surface area contributed by atoms with Gasteiger partial charge in [0.1, 0.15) is 5.60 Å². The van der Waals surface area contributed by atoms with Gasteiger partial charge in [0.15, 0.2) is 0 Å². The van der Waals surface area contributed by atoms with Crippen molar-refractivity contribution in [1.82, 2.24) is 4.72 Å². The fraction of sp³-hybridized carbons (Fsp3) is 0.769. The number of carbonyl (C=O) groups excluding carboxylic acids is 1. The molecule has 0 amide bonds. The maximum Gasteiger partial charge on any atom is 0.511 e. The van der Waals surface area contributed by atoms with Gasteiger partial charge in [-0.1, -0.05) is 6.08 Å². The summed E-state index contributed by atoms with van der Waals surface area (Å²) < 4.78 is 64.8. The molecule has 2 rings (SSSR count). The molecule has 0 aromatic carbocycles. The number of hydrogen-bond donors (Lipinski definition) is 1. The fourth-order valence-electron chi connectivity index (χ4n) is 3.03. The summed E-state index contributed by atoms with van der Waals surface area (Å²) >= 11 is 0. The molecule has 22 heavy (non-hydrogen) atoms. The SMILES string of the molecule is CC(=CCNS(=O)(=O)C(F)(F)F)C(=O)OC12CCC(CC1)C2. The highest BCUT2D eigenvalue weighted by Crippen LogP contribution is 2.50. The molecule has 2 bridgehead atoms. The lowest BCUT2D eigenvalue weighted by atomic mass is 9.97. The summed E-state index contributed by atoms with van der Waals surface area (Å²) in [6.07, 6.45) is 5.62. The molecule has 2 fully saturated rings. The molecule has 0 atom stereocenters. The van der Waals surface area contributed by atoms with Crippen LogP contribution in [0, 0.1) is 5.92 Å². The quantitative estimate of drug-likeness (QED) is 0.615. The molecule has 2 aliphatic carbocycles. The van der Waals surface area contributed by atoms with Crippen LogP contribution >= 0.6 is 0 Å². The second-order valence-electron chi connectivity index (χ2n) is 5.90. The van der Waals surface area contributed by atoms with E-state index in [1.807, 2.05) is 0 Å². The van der Waals surface area contributed by atoms with Gasteiger partial charge in [-0.05, 0) is 44.9 Å². The first-order valence-corrected chi connectivity index (χ1v) is 8.49. The van der Waals surface area contributed by atoms with Gasteiger partial charge in [-0.3, -0.25) is 0 Å². The van der Waals surface area contributed by atoms with Gasteiger partial charge in [-0.25, -0.2) is 17.9 Å². The van der Waals surface area contributed by atoms with Crippen LogP contribution in [0.4, 0.5) is 13.2 Å². The Morgan fingerprint density at radius 2 is 1.95 bits per heavy atom. The number of halogens is 3. The average molecular weight is 341 g/mol. The van der Waals surface area contributed by atoms with Crippen LogP contribution in [0.15, 0.2) is 11.6 Å². The molecule has 0 unspecified atom stereocenters. The highest BCUT2D eigenvalue weighted by molar-refractivity contribution is 7.90. The molecular weight excluding hydrogens is 323 g/mol. The first-order valence-electron chi connectivity index (χ1n) is 7.01. The van der Waals surface area contributed by atoms with E-state index in [0.29, 0.717) is 5.92 Å². The zero-order valence-corrected chi connectivity index (χ0v) is 12.9. The van der Waals surface area contributed by atoms with E-state index in [1.165, 1.54) is 11.6 Å². The third-order valence-electron chi connectivity index (χ3n) is 4.29. The van der Waals surface area contributed by atoms with E-state index >= 15 is 0 Å². The van der Waals surface area contributed by atoms with Crippen molar-refractivity contribution >= 4 is 16.0 Å². The first-order chi connectivity index (χ1) is 10.0. The van der Waals surface area contributed by atoms with E-state index in [4.69, 9.17) is 4.74 Å². The number of alkyl halides is 3. The first kappa shape index (κ1) is 17.3. The number of fused-ring (bicyclic) bond motifs is 2. The number of esters is 1. The molecule has 9 heteroatoms. The lowest BCUT2D eigenvalue weighted by Gasteiger charge is -2.26. The van der Waals surface area contributed by atoms with Crippen LogP contribution in [0.5, 0.6) is 0 Å². The fourth-order valence-corrected chi connectivity index (χ4v) is 3.49. The number of nitrogens with one attached hydrogen (secondary N) is 1. The van der Waals surface area contributed by atoms with Gasteiger partial charge < -0.3 is 4.74 Å². The van der Waals surface area contributed by atoms with Crippen LogP contribution in [-0.2, 0) is 19.6 Å². The molecule has 0 aromatic rings. The molecule has 0 aromatic heterocycles. The third-order valence-corrected chi connectivity index (χ3v) is 5.45. The second-order valence-corrected chi connectivity index (χ2v) is 7.66. The Labute approximate surface area is 126 Å². The van der Waals surface area contributed by atoms with Crippen LogP contribution in [0.2, 0.25) is 0 Å². The van der Waals surface area contributed by atoms with Crippen molar-refractivity contribution in [2.75, 3.05) is 6.54 Å². The molecule has 0 saturated heterocycles. The third kappa shape index (κ3) is 3.62. The predicted molar refractivity (Wildman–Crippen MR) is 72.1 cm³/mol. The van der Waals surface area contributed by atoms with Crippen LogP contribution in [0.3, 0.4) is 0 Å². The minimum atomic E-state index is -5.40. The van der Waals surface area contributed by atoms with Gasteiger partial charge in [0, 0.05) is 12.1 Å². The normalized spacial score (nSPS) is 28.9. The van der Waals surface area contributed by atoms with Crippen LogP contribution < -0.4 is 4.72 Å². The molecule has 1 N–H and O–H groups in total. The van der Waals surface area contributed by atoms with Crippen molar-refractivity contribution < 1.29 is 31.1 Å². The van der Waals surface area contributed by atoms with Crippen molar-refractivity contribution in [2.24, 2.45) is 5.92 Å². The van der Waals surface area contributed by atoms with Crippen LogP contribution in [0.25, 0.3) is 0 Å². The Morgan fingerprint density at radius 3 is 2.41 bits per heavy atom. The Balaban J connectivity index is 1.88. The molecule has 5 nitrogen and oxygen atoms in total. The topological polar surface area (TPSA) is 72.5 Å². The molecule has 2 aliphatic rings. The van der Waals surface area contributed by atoms with Gasteiger partial charge in [0.25, 0.3) is 0 Å². The standard InChI is InChI=1S/C13H18F3NO4S/c1-9(4-7-17-22(19,20)13(14,15)16)11(18)21-12-5-2-10(8-12)3-6-12/h4,10,17H,2-3,5-8H2,1H3. The second kappa shape index (κ2) is 5.84.